The summed E-state index contributed by atoms with van der Waals surface area (Å²) in [5.41, 5.74) is -0.787. The number of carbonyl (C=O) groups is 1. The van der Waals surface area contributed by atoms with Gasteiger partial charge in [-0.2, -0.15) is 0 Å². The number of aliphatic carboxylic acids is 1. The first kappa shape index (κ1) is 16.4. The summed E-state index contributed by atoms with van der Waals surface area (Å²) in [4.78, 5) is 13.4. The van der Waals surface area contributed by atoms with E-state index in [4.69, 9.17) is 4.74 Å². The molecule has 19 heavy (non-hydrogen) atoms. The van der Waals surface area contributed by atoms with Crippen LogP contribution in [-0.4, -0.2) is 59.0 Å². The molecule has 5 heteroatoms. The lowest BCUT2D eigenvalue weighted by molar-refractivity contribution is -0.151. The van der Waals surface area contributed by atoms with Crippen LogP contribution >= 0.6 is 0 Å². The largest absolute Gasteiger partial charge is 0.480 e. The van der Waals surface area contributed by atoms with Crippen molar-refractivity contribution in [1.29, 1.82) is 0 Å². The van der Waals surface area contributed by atoms with Crippen LogP contribution in [0.2, 0.25) is 0 Å². The van der Waals surface area contributed by atoms with Crippen molar-refractivity contribution in [3.63, 3.8) is 0 Å². The smallest absolute Gasteiger partial charge is 0.324 e. The molecule has 1 fully saturated rings. The number of aliphatic hydroxyl groups excluding tert-OH is 1. The molecule has 0 spiro atoms. The van der Waals surface area contributed by atoms with Gasteiger partial charge in [0.05, 0.1) is 12.7 Å². The maximum Gasteiger partial charge on any atom is 0.324 e. The van der Waals surface area contributed by atoms with Crippen molar-refractivity contribution >= 4 is 5.97 Å². The molecule has 0 aromatic heterocycles. The van der Waals surface area contributed by atoms with Crippen LogP contribution in [0.1, 0.15) is 46.0 Å². The Morgan fingerprint density at radius 1 is 1.47 bits per heavy atom. The van der Waals surface area contributed by atoms with Gasteiger partial charge in [0.15, 0.2) is 0 Å². The molecule has 1 heterocycles. The zero-order valence-corrected chi connectivity index (χ0v) is 12.1. The average molecular weight is 273 g/mol. The number of unbranched alkanes of at least 4 members (excludes halogenated alkanes) is 1. The minimum atomic E-state index is -0.787. The first-order valence-electron chi connectivity index (χ1n) is 7.31. The molecule has 0 aromatic carbocycles. The van der Waals surface area contributed by atoms with Crippen molar-refractivity contribution < 1.29 is 19.7 Å². The third-order valence-corrected chi connectivity index (χ3v) is 3.99. The maximum atomic E-state index is 11.5. The SMILES string of the molecule is CCCCOCC(O)CN1CCCC1(CC)C(=O)O. The molecule has 1 rings (SSSR count). The fourth-order valence-electron chi connectivity index (χ4n) is 2.77. The van der Waals surface area contributed by atoms with E-state index < -0.39 is 17.6 Å². The highest BCUT2D eigenvalue weighted by molar-refractivity contribution is 5.79. The van der Waals surface area contributed by atoms with Crippen molar-refractivity contribution in [3.05, 3.63) is 0 Å². The number of hydrogen-bond acceptors (Lipinski definition) is 4. The molecule has 0 aromatic rings. The van der Waals surface area contributed by atoms with Crippen molar-refractivity contribution in [2.24, 2.45) is 0 Å². The molecule has 1 aliphatic heterocycles. The van der Waals surface area contributed by atoms with Crippen molar-refractivity contribution in [1.82, 2.24) is 4.90 Å². The van der Waals surface area contributed by atoms with Gasteiger partial charge in [-0.1, -0.05) is 20.3 Å². The number of carboxylic acids is 1. The molecule has 2 atom stereocenters. The van der Waals surface area contributed by atoms with Crippen LogP contribution < -0.4 is 0 Å². The molecule has 1 aliphatic rings. The van der Waals surface area contributed by atoms with Crippen LogP contribution in [0.25, 0.3) is 0 Å². The van der Waals surface area contributed by atoms with Gasteiger partial charge in [-0.3, -0.25) is 9.69 Å². The third-order valence-electron chi connectivity index (χ3n) is 3.99. The van der Waals surface area contributed by atoms with Crippen LogP contribution in [0, 0.1) is 0 Å². The lowest BCUT2D eigenvalue weighted by Crippen LogP contribution is -2.52. The quantitative estimate of drug-likeness (QED) is 0.623. The van der Waals surface area contributed by atoms with Gasteiger partial charge in [0.2, 0.25) is 0 Å². The molecule has 2 unspecified atom stereocenters. The topological polar surface area (TPSA) is 70.0 Å². The second-order valence-electron chi connectivity index (χ2n) is 5.32. The minimum absolute atomic E-state index is 0.288. The zero-order chi connectivity index (χ0) is 14.3. The number of carboxylic acid groups (broad SMARTS) is 1. The van der Waals surface area contributed by atoms with Gasteiger partial charge >= 0.3 is 5.97 Å². The molecular formula is C14H27NO4. The highest BCUT2D eigenvalue weighted by atomic mass is 16.5. The monoisotopic (exact) mass is 273 g/mol. The molecule has 0 saturated carbocycles. The summed E-state index contributed by atoms with van der Waals surface area (Å²) in [7, 11) is 0. The van der Waals surface area contributed by atoms with Crippen LogP contribution in [0.15, 0.2) is 0 Å². The van der Waals surface area contributed by atoms with Gasteiger partial charge < -0.3 is 14.9 Å². The number of ether oxygens (including phenoxy) is 1. The summed E-state index contributed by atoms with van der Waals surface area (Å²) >= 11 is 0. The molecule has 0 aliphatic carbocycles. The lowest BCUT2D eigenvalue weighted by atomic mass is 9.93. The van der Waals surface area contributed by atoms with Crippen LogP contribution in [0.3, 0.4) is 0 Å². The summed E-state index contributed by atoms with van der Waals surface area (Å²) in [6.45, 7) is 6.06. The highest BCUT2D eigenvalue weighted by Gasteiger charge is 2.46. The van der Waals surface area contributed by atoms with E-state index in [1.54, 1.807) is 0 Å². The van der Waals surface area contributed by atoms with Crippen molar-refractivity contribution in [3.8, 4) is 0 Å². The van der Waals surface area contributed by atoms with E-state index in [9.17, 15) is 15.0 Å². The Balaban J connectivity index is 2.44. The van der Waals surface area contributed by atoms with Gasteiger partial charge in [-0.05, 0) is 32.2 Å². The molecule has 5 nitrogen and oxygen atoms in total. The van der Waals surface area contributed by atoms with Gasteiger partial charge in [0, 0.05) is 13.2 Å². The predicted molar refractivity (Wildman–Crippen MR) is 73.2 cm³/mol. The number of nitrogens with zero attached hydrogens (tertiary/aromatic N) is 1. The molecular weight excluding hydrogens is 246 g/mol. The van der Waals surface area contributed by atoms with Crippen LogP contribution in [0.5, 0.6) is 0 Å². The van der Waals surface area contributed by atoms with E-state index in [1.165, 1.54) is 0 Å². The number of β-amino-alcohol motifs (C(OH)–C–C–N with tert-alkyl or cyclic N) is 1. The number of hydrogen-bond donors (Lipinski definition) is 2. The molecule has 0 bridgehead atoms. The third kappa shape index (κ3) is 4.16. The number of aliphatic hydroxyl groups is 1. The van der Waals surface area contributed by atoms with Gasteiger partial charge in [0.1, 0.15) is 5.54 Å². The van der Waals surface area contributed by atoms with E-state index in [2.05, 4.69) is 6.92 Å². The van der Waals surface area contributed by atoms with E-state index in [0.29, 0.717) is 26.0 Å². The Hall–Kier alpha value is -0.650. The predicted octanol–water partition coefficient (Wildman–Crippen LogP) is 1.49. The normalized spacial score (nSPS) is 25.6. The first-order valence-corrected chi connectivity index (χ1v) is 7.31. The number of likely N-dealkylation sites (tertiary alicyclic amines) is 1. The van der Waals surface area contributed by atoms with E-state index >= 15 is 0 Å². The second-order valence-corrected chi connectivity index (χ2v) is 5.32. The van der Waals surface area contributed by atoms with Crippen molar-refractivity contribution in [2.75, 3.05) is 26.3 Å². The standard InChI is InChI=1S/C14H27NO4/c1-3-5-9-19-11-12(16)10-15-8-6-7-14(15,4-2)13(17)18/h12,16H,3-11H2,1-2H3,(H,17,18). The zero-order valence-electron chi connectivity index (χ0n) is 12.1. The Morgan fingerprint density at radius 2 is 2.21 bits per heavy atom. The van der Waals surface area contributed by atoms with Gasteiger partial charge in [-0.25, -0.2) is 0 Å². The maximum absolute atomic E-state index is 11.5. The van der Waals surface area contributed by atoms with E-state index in [0.717, 1.165) is 25.8 Å². The summed E-state index contributed by atoms with van der Waals surface area (Å²) in [6.07, 6.45) is 3.57. The Bertz CT molecular complexity index is 285. The lowest BCUT2D eigenvalue weighted by Gasteiger charge is -2.35. The molecule has 0 radical (unpaired) electrons. The highest BCUT2D eigenvalue weighted by Crippen LogP contribution is 2.32. The van der Waals surface area contributed by atoms with Gasteiger partial charge in [-0.15, -0.1) is 0 Å². The first-order chi connectivity index (χ1) is 9.06. The molecule has 2 N–H and O–H groups in total. The number of rotatable bonds is 9. The Labute approximate surface area is 115 Å². The minimum Gasteiger partial charge on any atom is -0.480 e. The Kier molecular flexibility index (Phi) is 6.75. The summed E-state index contributed by atoms with van der Waals surface area (Å²) in [5.74, 6) is -0.772. The average Bonchev–Trinajstić information content (AvgIpc) is 2.78. The fraction of sp³-hybridized carbons (Fsp3) is 0.929. The van der Waals surface area contributed by atoms with E-state index in [-0.39, 0.29) is 6.61 Å². The summed E-state index contributed by atoms with van der Waals surface area (Å²) in [6, 6.07) is 0. The molecule has 112 valence electrons. The van der Waals surface area contributed by atoms with Crippen LogP contribution in [-0.2, 0) is 9.53 Å². The summed E-state index contributed by atoms with van der Waals surface area (Å²) < 4.78 is 5.38. The van der Waals surface area contributed by atoms with E-state index in [1.807, 2.05) is 11.8 Å². The molecule has 0 amide bonds. The fourth-order valence-corrected chi connectivity index (χ4v) is 2.77. The van der Waals surface area contributed by atoms with Crippen LogP contribution in [0.4, 0.5) is 0 Å². The second kappa shape index (κ2) is 7.82. The summed E-state index contributed by atoms with van der Waals surface area (Å²) in [5, 5.41) is 19.4. The van der Waals surface area contributed by atoms with Crippen molar-refractivity contribution in [2.45, 2.75) is 57.6 Å². The van der Waals surface area contributed by atoms with Gasteiger partial charge in [0.25, 0.3) is 0 Å². The Morgan fingerprint density at radius 3 is 2.79 bits per heavy atom. The molecule has 1 saturated heterocycles.